The molecule has 0 rings (SSSR count). The van der Waals surface area contributed by atoms with Crippen LogP contribution < -0.4 is 0 Å². The first-order valence-corrected chi connectivity index (χ1v) is 8.32. The van der Waals surface area contributed by atoms with Crippen LogP contribution in [0.3, 0.4) is 0 Å². The second-order valence-electron chi connectivity index (χ2n) is 4.24. The lowest BCUT2D eigenvalue weighted by atomic mass is 10.1. The van der Waals surface area contributed by atoms with Gasteiger partial charge in [0.2, 0.25) is 0 Å². The number of halogens is 1. The predicted molar refractivity (Wildman–Crippen MR) is 84.4 cm³/mol. The van der Waals surface area contributed by atoms with Gasteiger partial charge in [0, 0.05) is 4.43 Å². The Morgan fingerprint density at radius 3 is 1.94 bits per heavy atom. The van der Waals surface area contributed by atoms with Crippen LogP contribution in [0.25, 0.3) is 0 Å². The quantitative estimate of drug-likeness (QED) is 0.186. The van der Waals surface area contributed by atoms with E-state index in [4.69, 9.17) is 0 Å². The van der Waals surface area contributed by atoms with Gasteiger partial charge in [0.05, 0.1) is 0 Å². The molecule has 0 radical (unpaired) electrons. The monoisotopic (exact) mass is 334 g/mol. The first kappa shape index (κ1) is 16.2. The molecule has 16 heavy (non-hydrogen) atoms. The van der Waals surface area contributed by atoms with Crippen LogP contribution in [0.5, 0.6) is 0 Å². The average Bonchev–Trinajstić information content (AvgIpc) is 2.31. The number of hydrogen-bond donors (Lipinski definition) is 0. The van der Waals surface area contributed by atoms with Crippen molar-refractivity contribution >= 4 is 22.6 Å². The van der Waals surface area contributed by atoms with E-state index >= 15 is 0 Å². The standard InChI is InChI=1S/C15H27I/c1-2-3-4-5-6-7-8-9-10-11-12-13-14-15-16/h10-13H,2-9,14-15H2,1H3. The van der Waals surface area contributed by atoms with E-state index in [1.54, 1.807) is 0 Å². The Bertz CT molecular complexity index is 170. The molecule has 0 saturated carbocycles. The van der Waals surface area contributed by atoms with E-state index in [1.165, 1.54) is 62.2 Å². The number of alkyl halides is 1. The molecule has 0 aromatic heterocycles. The van der Waals surface area contributed by atoms with Gasteiger partial charge in [-0.25, -0.2) is 0 Å². The van der Waals surface area contributed by atoms with Crippen LogP contribution in [0, 0.1) is 0 Å². The molecule has 0 aromatic carbocycles. The summed E-state index contributed by atoms with van der Waals surface area (Å²) in [5.41, 5.74) is 0. The molecule has 94 valence electrons. The van der Waals surface area contributed by atoms with Gasteiger partial charge >= 0.3 is 0 Å². The topological polar surface area (TPSA) is 0 Å². The predicted octanol–water partition coefficient (Wildman–Crippen LogP) is 6.06. The van der Waals surface area contributed by atoms with Crippen LogP contribution >= 0.6 is 22.6 Å². The molecule has 0 nitrogen and oxygen atoms in total. The maximum absolute atomic E-state index is 2.40. The van der Waals surface area contributed by atoms with Gasteiger partial charge in [-0.3, -0.25) is 0 Å². The summed E-state index contributed by atoms with van der Waals surface area (Å²) in [5, 5.41) is 0. The zero-order valence-corrected chi connectivity index (χ0v) is 12.9. The fourth-order valence-corrected chi connectivity index (χ4v) is 1.99. The third kappa shape index (κ3) is 14.2. The van der Waals surface area contributed by atoms with Crippen LogP contribution in [-0.2, 0) is 0 Å². The lowest BCUT2D eigenvalue weighted by molar-refractivity contribution is 0.592. The Morgan fingerprint density at radius 2 is 1.31 bits per heavy atom. The highest BCUT2D eigenvalue weighted by molar-refractivity contribution is 14.1. The van der Waals surface area contributed by atoms with Crippen molar-refractivity contribution in [1.82, 2.24) is 0 Å². The van der Waals surface area contributed by atoms with Gasteiger partial charge < -0.3 is 0 Å². The Morgan fingerprint density at radius 1 is 0.750 bits per heavy atom. The first-order chi connectivity index (χ1) is 7.91. The van der Waals surface area contributed by atoms with Gasteiger partial charge in [-0.15, -0.1) is 0 Å². The third-order valence-electron chi connectivity index (χ3n) is 2.63. The van der Waals surface area contributed by atoms with E-state index in [0.717, 1.165) is 0 Å². The molecular weight excluding hydrogens is 307 g/mol. The van der Waals surface area contributed by atoms with Crippen molar-refractivity contribution in [2.75, 3.05) is 4.43 Å². The Kier molecular flexibility index (Phi) is 15.4. The van der Waals surface area contributed by atoms with Crippen molar-refractivity contribution in [3.05, 3.63) is 24.3 Å². The van der Waals surface area contributed by atoms with Crippen molar-refractivity contribution in [2.24, 2.45) is 0 Å². The molecule has 0 spiro atoms. The van der Waals surface area contributed by atoms with Crippen molar-refractivity contribution in [1.29, 1.82) is 0 Å². The second kappa shape index (κ2) is 15.2. The average molecular weight is 334 g/mol. The fraction of sp³-hybridized carbons (Fsp3) is 0.733. The summed E-state index contributed by atoms with van der Waals surface area (Å²) in [7, 11) is 0. The summed E-state index contributed by atoms with van der Waals surface area (Å²) >= 11 is 2.40. The number of rotatable bonds is 11. The molecule has 1 heteroatoms. The SMILES string of the molecule is CCCCCCCCCC=CC=CCCI. The molecule has 0 fully saturated rings. The van der Waals surface area contributed by atoms with Crippen molar-refractivity contribution in [3.8, 4) is 0 Å². The Hall–Kier alpha value is 0.210. The van der Waals surface area contributed by atoms with Crippen LogP contribution in [0.15, 0.2) is 24.3 Å². The lowest BCUT2D eigenvalue weighted by Gasteiger charge is -1.98. The molecule has 0 aliphatic heterocycles. The number of unbranched alkanes of at least 4 members (excludes halogenated alkanes) is 7. The molecule has 0 saturated heterocycles. The maximum Gasteiger partial charge on any atom is 0.00300 e. The highest BCUT2D eigenvalue weighted by atomic mass is 127. The van der Waals surface area contributed by atoms with Crippen molar-refractivity contribution in [3.63, 3.8) is 0 Å². The highest BCUT2D eigenvalue weighted by Gasteiger charge is 1.88. The Balaban J connectivity index is 3.08. The molecule has 0 amide bonds. The smallest absolute Gasteiger partial charge is 0.00300 e. The molecule has 0 aliphatic rings. The van der Waals surface area contributed by atoms with Gasteiger partial charge in [0.25, 0.3) is 0 Å². The minimum atomic E-state index is 1.20. The molecule has 0 atom stereocenters. The van der Waals surface area contributed by atoms with E-state index in [9.17, 15) is 0 Å². The van der Waals surface area contributed by atoms with Crippen LogP contribution in [0.4, 0.5) is 0 Å². The first-order valence-electron chi connectivity index (χ1n) is 6.79. The van der Waals surface area contributed by atoms with Crippen LogP contribution in [0.1, 0.15) is 64.7 Å². The second-order valence-corrected chi connectivity index (χ2v) is 5.32. The fourth-order valence-electron chi connectivity index (χ4n) is 1.63. The molecule has 0 aliphatic carbocycles. The largest absolute Gasteiger partial charge is 0.0860 e. The summed E-state index contributed by atoms with van der Waals surface area (Å²) in [6.45, 7) is 2.27. The number of allylic oxidation sites excluding steroid dienone is 4. The number of hydrogen-bond acceptors (Lipinski definition) is 0. The van der Waals surface area contributed by atoms with Gasteiger partial charge in [-0.2, -0.15) is 0 Å². The summed E-state index contributed by atoms with van der Waals surface area (Å²) < 4.78 is 1.22. The summed E-state index contributed by atoms with van der Waals surface area (Å²) in [6.07, 6.45) is 21.2. The summed E-state index contributed by atoms with van der Waals surface area (Å²) in [4.78, 5) is 0. The molecule has 0 unspecified atom stereocenters. The molecular formula is C15H27I. The van der Waals surface area contributed by atoms with Gasteiger partial charge in [0.1, 0.15) is 0 Å². The van der Waals surface area contributed by atoms with E-state index in [-0.39, 0.29) is 0 Å². The van der Waals surface area contributed by atoms with E-state index in [2.05, 4.69) is 53.8 Å². The maximum atomic E-state index is 2.40. The van der Waals surface area contributed by atoms with Crippen LogP contribution in [-0.4, -0.2) is 4.43 Å². The van der Waals surface area contributed by atoms with Crippen molar-refractivity contribution < 1.29 is 0 Å². The van der Waals surface area contributed by atoms with E-state index in [0.29, 0.717) is 0 Å². The molecule has 0 aromatic rings. The molecule has 0 N–H and O–H groups in total. The van der Waals surface area contributed by atoms with E-state index in [1.807, 2.05) is 0 Å². The van der Waals surface area contributed by atoms with Gasteiger partial charge in [-0.1, -0.05) is 92.3 Å². The zero-order chi connectivity index (χ0) is 11.9. The van der Waals surface area contributed by atoms with Crippen LogP contribution in [0.2, 0.25) is 0 Å². The molecule has 0 heterocycles. The van der Waals surface area contributed by atoms with Gasteiger partial charge in [0.15, 0.2) is 0 Å². The zero-order valence-electron chi connectivity index (χ0n) is 10.8. The van der Waals surface area contributed by atoms with Gasteiger partial charge in [-0.05, 0) is 19.3 Å². The third-order valence-corrected chi connectivity index (χ3v) is 3.26. The van der Waals surface area contributed by atoms with E-state index < -0.39 is 0 Å². The summed E-state index contributed by atoms with van der Waals surface area (Å²) in [5.74, 6) is 0. The summed E-state index contributed by atoms with van der Waals surface area (Å²) in [6, 6.07) is 0. The minimum Gasteiger partial charge on any atom is -0.0860 e. The normalized spacial score (nSPS) is 11.9. The lowest BCUT2D eigenvalue weighted by Crippen LogP contribution is -1.78. The highest BCUT2D eigenvalue weighted by Crippen LogP contribution is 2.08. The molecule has 0 bridgehead atoms. The Labute approximate surface area is 116 Å². The minimum absolute atomic E-state index is 1.20. The van der Waals surface area contributed by atoms with Crippen molar-refractivity contribution in [2.45, 2.75) is 64.7 Å².